The van der Waals surface area contributed by atoms with E-state index in [4.69, 9.17) is 5.73 Å². The van der Waals surface area contributed by atoms with E-state index >= 15 is 0 Å². The maximum atomic E-state index is 11.3. The predicted molar refractivity (Wildman–Crippen MR) is 70.3 cm³/mol. The molecule has 3 N–H and O–H groups in total. The predicted octanol–water partition coefficient (Wildman–Crippen LogP) is 0.610. The van der Waals surface area contributed by atoms with Crippen LogP contribution in [-0.4, -0.2) is 35.5 Å². The lowest BCUT2D eigenvalue weighted by Gasteiger charge is -2.32. The molecule has 1 fully saturated rings. The Morgan fingerprint density at radius 2 is 2.50 bits per heavy atom. The van der Waals surface area contributed by atoms with Crippen LogP contribution in [-0.2, 0) is 4.79 Å². The van der Waals surface area contributed by atoms with Gasteiger partial charge in [0, 0.05) is 25.8 Å². The van der Waals surface area contributed by atoms with Crippen molar-refractivity contribution in [2.24, 2.45) is 11.7 Å². The molecule has 18 heavy (non-hydrogen) atoms. The Morgan fingerprint density at radius 1 is 1.67 bits per heavy atom. The molecule has 1 aliphatic rings. The zero-order chi connectivity index (χ0) is 13.0. The van der Waals surface area contributed by atoms with Crippen molar-refractivity contribution in [3.63, 3.8) is 0 Å². The summed E-state index contributed by atoms with van der Waals surface area (Å²) in [6.45, 7) is 4.34. The summed E-state index contributed by atoms with van der Waals surface area (Å²) in [5, 5.41) is 3.08. The van der Waals surface area contributed by atoms with Gasteiger partial charge in [-0.15, -0.1) is 0 Å². The highest BCUT2D eigenvalue weighted by atomic mass is 16.1. The monoisotopic (exact) mass is 249 g/mol. The topological polar surface area (TPSA) is 84.1 Å². The van der Waals surface area contributed by atoms with Crippen molar-refractivity contribution in [3.8, 4) is 0 Å². The number of hydrogen-bond acceptors (Lipinski definition) is 5. The second-order valence-electron chi connectivity index (χ2n) is 4.46. The number of rotatable bonds is 4. The molecule has 0 spiro atoms. The quantitative estimate of drug-likeness (QED) is 0.816. The summed E-state index contributed by atoms with van der Waals surface area (Å²) < 4.78 is 0. The average Bonchev–Trinajstić information content (AvgIpc) is 2.39. The van der Waals surface area contributed by atoms with Crippen LogP contribution in [0.4, 0.5) is 11.8 Å². The van der Waals surface area contributed by atoms with E-state index in [2.05, 4.69) is 20.2 Å². The van der Waals surface area contributed by atoms with Gasteiger partial charge in [-0.3, -0.25) is 4.79 Å². The Labute approximate surface area is 107 Å². The number of primary amides is 1. The summed E-state index contributed by atoms with van der Waals surface area (Å²) in [6.07, 6.45) is 3.57. The van der Waals surface area contributed by atoms with Gasteiger partial charge in [-0.25, -0.2) is 4.98 Å². The zero-order valence-corrected chi connectivity index (χ0v) is 10.6. The molecule has 1 unspecified atom stereocenters. The highest BCUT2D eigenvalue weighted by molar-refractivity contribution is 5.77. The van der Waals surface area contributed by atoms with Gasteiger partial charge < -0.3 is 16.0 Å². The molecule has 0 radical (unpaired) electrons. The molecule has 0 saturated carbocycles. The number of piperidine rings is 1. The Bertz CT molecular complexity index is 423. The maximum absolute atomic E-state index is 11.3. The van der Waals surface area contributed by atoms with E-state index in [9.17, 15) is 4.79 Å². The molecule has 6 heteroatoms. The molecule has 2 rings (SSSR count). The summed E-state index contributed by atoms with van der Waals surface area (Å²) in [5.74, 6) is 1.18. The number of aromatic nitrogens is 2. The van der Waals surface area contributed by atoms with E-state index in [-0.39, 0.29) is 11.8 Å². The van der Waals surface area contributed by atoms with Crippen molar-refractivity contribution >= 4 is 17.7 Å². The van der Waals surface area contributed by atoms with E-state index < -0.39 is 0 Å². The summed E-state index contributed by atoms with van der Waals surface area (Å²) in [5.41, 5.74) is 5.37. The number of nitrogens with one attached hydrogen (secondary N) is 1. The van der Waals surface area contributed by atoms with E-state index in [0.717, 1.165) is 31.7 Å². The van der Waals surface area contributed by atoms with Crippen LogP contribution >= 0.6 is 0 Å². The van der Waals surface area contributed by atoms with E-state index in [1.165, 1.54) is 0 Å². The molecule has 2 heterocycles. The van der Waals surface area contributed by atoms with E-state index in [1.54, 1.807) is 6.20 Å². The van der Waals surface area contributed by atoms with Crippen LogP contribution in [0.5, 0.6) is 0 Å². The minimum absolute atomic E-state index is 0.0729. The first kappa shape index (κ1) is 12.6. The largest absolute Gasteiger partial charge is 0.369 e. The number of anilines is 2. The SMILES string of the molecule is CCNc1nccc(N2CCCC(C(N)=O)C2)n1. The van der Waals surface area contributed by atoms with Crippen LogP contribution in [0.15, 0.2) is 12.3 Å². The highest BCUT2D eigenvalue weighted by Gasteiger charge is 2.24. The molecular formula is C12H19N5O. The van der Waals surface area contributed by atoms with Crippen LogP contribution in [0.1, 0.15) is 19.8 Å². The number of carbonyl (C=O) groups excluding carboxylic acids is 1. The van der Waals surface area contributed by atoms with E-state index in [0.29, 0.717) is 12.5 Å². The Morgan fingerprint density at radius 3 is 3.22 bits per heavy atom. The van der Waals surface area contributed by atoms with Crippen LogP contribution in [0.25, 0.3) is 0 Å². The minimum Gasteiger partial charge on any atom is -0.369 e. The van der Waals surface area contributed by atoms with Crippen molar-refractivity contribution in [2.45, 2.75) is 19.8 Å². The first-order valence-corrected chi connectivity index (χ1v) is 6.32. The fourth-order valence-corrected chi connectivity index (χ4v) is 2.19. The molecule has 0 aliphatic carbocycles. The number of nitrogens with zero attached hydrogens (tertiary/aromatic N) is 3. The fraction of sp³-hybridized carbons (Fsp3) is 0.583. The molecule has 1 aliphatic heterocycles. The minimum atomic E-state index is -0.222. The van der Waals surface area contributed by atoms with Crippen LogP contribution in [0, 0.1) is 5.92 Å². The fourth-order valence-electron chi connectivity index (χ4n) is 2.19. The van der Waals surface area contributed by atoms with Gasteiger partial charge in [-0.1, -0.05) is 0 Å². The molecule has 1 saturated heterocycles. The Kier molecular flexibility index (Phi) is 3.96. The van der Waals surface area contributed by atoms with E-state index in [1.807, 2.05) is 13.0 Å². The molecule has 1 amide bonds. The molecular weight excluding hydrogens is 230 g/mol. The third-order valence-electron chi connectivity index (χ3n) is 3.12. The molecule has 0 bridgehead atoms. The summed E-state index contributed by atoms with van der Waals surface area (Å²) in [4.78, 5) is 21.9. The van der Waals surface area contributed by atoms with Crippen molar-refractivity contribution in [3.05, 3.63) is 12.3 Å². The summed E-state index contributed by atoms with van der Waals surface area (Å²) >= 11 is 0. The highest BCUT2D eigenvalue weighted by Crippen LogP contribution is 2.21. The third kappa shape index (κ3) is 2.88. The normalized spacial score (nSPS) is 19.6. The molecule has 0 aromatic carbocycles. The van der Waals surface area contributed by atoms with Crippen molar-refractivity contribution in [2.75, 3.05) is 29.9 Å². The van der Waals surface area contributed by atoms with Gasteiger partial charge in [-0.2, -0.15) is 4.98 Å². The molecule has 6 nitrogen and oxygen atoms in total. The maximum Gasteiger partial charge on any atom is 0.224 e. The Hall–Kier alpha value is -1.85. The van der Waals surface area contributed by atoms with Crippen LogP contribution < -0.4 is 16.0 Å². The van der Waals surface area contributed by atoms with Gasteiger partial charge >= 0.3 is 0 Å². The van der Waals surface area contributed by atoms with Gasteiger partial charge in [0.25, 0.3) is 0 Å². The summed E-state index contributed by atoms with van der Waals surface area (Å²) in [6, 6.07) is 1.87. The van der Waals surface area contributed by atoms with Gasteiger partial charge in [0.1, 0.15) is 5.82 Å². The van der Waals surface area contributed by atoms with Crippen molar-refractivity contribution in [1.82, 2.24) is 9.97 Å². The standard InChI is InChI=1S/C12H19N5O/c1-2-14-12-15-6-5-10(16-12)17-7-3-4-9(8-17)11(13)18/h5-6,9H,2-4,7-8H2,1H3,(H2,13,18)(H,14,15,16). The molecule has 1 atom stereocenters. The van der Waals surface area contributed by atoms with Gasteiger partial charge in [0.2, 0.25) is 11.9 Å². The average molecular weight is 249 g/mol. The van der Waals surface area contributed by atoms with Gasteiger partial charge in [0.15, 0.2) is 0 Å². The lowest BCUT2D eigenvalue weighted by molar-refractivity contribution is -0.122. The first-order chi connectivity index (χ1) is 8.70. The summed E-state index contributed by atoms with van der Waals surface area (Å²) in [7, 11) is 0. The lowest BCUT2D eigenvalue weighted by Crippen LogP contribution is -2.41. The third-order valence-corrected chi connectivity index (χ3v) is 3.12. The number of carbonyl (C=O) groups is 1. The van der Waals surface area contributed by atoms with Crippen LogP contribution in [0.3, 0.4) is 0 Å². The zero-order valence-electron chi connectivity index (χ0n) is 10.6. The first-order valence-electron chi connectivity index (χ1n) is 6.32. The lowest BCUT2D eigenvalue weighted by atomic mass is 9.97. The molecule has 1 aromatic rings. The molecule has 1 aromatic heterocycles. The second-order valence-corrected chi connectivity index (χ2v) is 4.46. The number of hydrogen-bond donors (Lipinski definition) is 2. The van der Waals surface area contributed by atoms with Gasteiger partial charge in [0.05, 0.1) is 5.92 Å². The van der Waals surface area contributed by atoms with Crippen molar-refractivity contribution in [1.29, 1.82) is 0 Å². The second kappa shape index (κ2) is 5.66. The van der Waals surface area contributed by atoms with Gasteiger partial charge in [-0.05, 0) is 25.8 Å². The van der Waals surface area contributed by atoms with Crippen molar-refractivity contribution < 1.29 is 4.79 Å². The number of amides is 1. The smallest absolute Gasteiger partial charge is 0.224 e. The van der Waals surface area contributed by atoms with Crippen LogP contribution in [0.2, 0.25) is 0 Å². The number of nitrogens with two attached hydrogens (primary N) is 1. The molecule has 98 valence electrons. The Balaban J connectivity index is 2.10.